The van der Waals surface area contributed by atoms with E-state index in [1.54, 1.807) is 0 Å². The van der Waals surface area contributed by atoms with Gasteiger partial charge in [-0.1, -0.05) is 6.42 Å². The Morgan fingerprint density at radius 2 is 1.19 bits per heavy atom. The smallest absolute Gasteiger partial charge is 0.132 e. The third kappa shape index (κ3) is 5.55. The molecule has 1 rings (SSSR count). The molecule has 0 atom stereocenters. The van der Waals surface area contributed by atoms with Crippen LogP contribution in [0.15, 0.2) is 0 Å². The van der Waals surface area contributed by atoms with E-state index in [2.05, 4.69) is 0 Å². The molecule has 0 bridgehead atoms. The number of rotatable bonds is 4. The molecular weight excluding hydrogens is 212 g/mol. The maximum absolute atomic E-state index is 10.5. The van der Waals surface area contributed by atoms with Crippen molar-refractivity contribution in [3.05, 3.63) is 0 Å². The summed E-state index contributed by atoms with van der Waals surface area (Å²) in [6.07, 6.45) is 5.24. The monoisotopic (exact) mass is 234 g/mol. The minimum absolute atomic E-state index is 0.406. The largest absolute Gasteiger partial charge is 0.396 e. The number of carbonyl (C=O) groups is 1. The number of ketones is 1. The molecule has 1 fully saturated rings. The van der Waals surface area contributed by atoms with Crippen molar-refractivity contribution in [1.29, 1.82) is 0 Å². The molecule has 5 nitrogen and oxygen atoms in total. The van der Waals surface area contributed by atoms with Crippen molar-refractivity contribution in [2.75, 3.05) is 26.4 Å². The summed E-state index contributed by atoms with van der Waals surface area (Å²) in [7, 11) is 0. The summed E-state index contributed by atoms with van der Waals surface area (Å²) in [5, 5.41) is 34.0. The van der Waals surface area contributed by atoms with E-state index in [1.165, 1.54) is 6.42 Å². The highest BCUT2D eigenvalue weighted by atomic mass is 16.3. The molecule has 4 N–H and O–H groups in total. The van der Waals surface area contributed by atoms with E-state index in [1.807, 2.05) is 0 Å². The molecule has 1 aliphatic carbocycles. The quantitative estimate of drug-likeness (QED) is 0.524. The summed E-state index contributed by atoms with van der Waals surface area (Å²) in [5.41, 5.74) is -1.11. The van der Waals surface area contributed by atoms with Gasteiger partial charge in [0.2, 0.25) is 0 Å². The molecule has 96 valence electrons. The maximum atomic E-state index is 10.5. The van der Waals surface area contributed by atoms with E-state index in [9.17, 15) is 4.79 Å². The van der Waals surface area contributed by atoms with Gasteiger partial charge in [0.15, 0.2) is 0 Å². The standard InChI is InChI=1S/C6H10O.C5H12O4/c7-6-4-2-1-3-5-6;6-1-5(2-7,3-8)4-9/h1-5H2;6-9H,1-4H2. The summed E-state index contributed by atoms with van der Waals surface area (Å²) in [4.78, 5) is 10.5. The predicted molar refractivity (Wildman–Crippen MR) is 58.9 cm³/mol. The van der Waals surface area contributed by atoms with Crippen LogP contribution in [0, 0.1) is 5.41 Å². The zero-order chi connectivity index (χ0) is 12.4. The first-order chi connectivity index (χ1) is 7.64. The van der Waals surface area contributed by atoms with E-state index in [-0.39, 0.29) is 0 Å². The Hall–Kier alpha value is -0.490. The molecular formula is C11H22O5. The summed E-state index contributed by atoms with van der Waals surface area (Å²) >= 11 is 0. The molecule has 0 spiro atoms. The van der Waals surface area contributed by atoms with Crippen molar-refractivity contribution in [3.63, 3.8) is 0 Å². The van der Waals surface area contributed by atoms with Crippen LogP contribution in [0.1, 0.15) is 32.1 Å². The molecule has 5 heteroatoms. The number of hydrogen-bond donors (Lipinski definition) is 4. The molecule has 0 aromatic rings. The van der Waals surface area contributed by atoms with Gasteiger partial charge in [0.1, 0.15) is 5.78 Å². The first-order valence-electron chi connectivity index (χ1n) is 5.59. The molecule has 16 heavy (non-hydrogen) atoms. The minimum Gasteiger partial charge on any atom is -0.396 e. The summed E-state index contributed by atoms with van der Waals surface area (Å²) in [6.45, 7) is -1.62. The third-order valence-electron chi connectivity index (χ3n) is 2.75. The molecule has 1 aliphatic rings. The fourth-order valence-electron chi connectivity index (χ4n) is 1.25. The van der Waals surface area contributed by atoms with Gasteiger partial charge in [-0.25, -0.2) is 0 Å². The van der Waals surface area contributed by atoms with Gasteiger partial charge in [-0.05, 0) is 12.8 Å². The van der Waals surface area contributed by atoms with Crippen LogP contribution in [0.3, 0.4) is 0 Å². The first kappa shape index (κ1) is 15.5. The zero-order valence-electron chi connectivity index (χ0n) is 9.56. The molecule has 0 radical (unpaired) electrons. The normalized spacial score (nSPS) is 16.6. The van der Waals surface area contributed by atoms with Gasteiger partial charge in [-0.15, -0.1) is 0 Å². The van der Waals surface area contributed by atoms with Crippen LogP contribution < -0.4 is 0 Å². The van der Waals surface area contributed by atoms with Crippen LogP contribution >= 0.6 is 0 Å². The van der Waals surface area contributed by atoms with Gasteiger partial charge in [0.05, 0.1) is 31.8 Å². The minimum atomic E-state index is -1.11. The van der Waals surface area contributed by atoms with E-state index >= 15 is 0 Å². The van der Waals surface area contributed by atoms with Crippen molar-refractivity contribution in [1.82, 2.24) is 0 Å². The highest BCUT2D eigenvalue weighted by Gasteiger charge is 2.26. The van der Waals surface area contributed by atoms with Crippen LogP contribution in [-0.4, -0.2) is 52.6 Å². The van der Waals surface area contributed by atoms with Gasteiger partial charge < -0.3 is 20.4 Å². The molecule has 0 saturated heterocycles. The molecule has 0 aliphatic heterocycles. The Balaban J connectivity index is 0.000000288. The molecule has 0 amide bonds. The Morgan fingerprint density at radius 3 is 1.31 bits per heavy atom. The topological polar surface area (TPSA) is 98.0 Å². The molecule has 1 saturated carbocycles. The van der Waals surface area contributed by atoms with Crippen molar-refractivity contribution in [3.8, 4) is 0 Å². The van der Waals surface area contributed by atoms with Gasteiger partial charge in [-0.2, -0.15) is 0 Å². The van der Waals surface area contributed by atoms with Crippen LogP contribution in [0.4, 0.5) is 0 Å². The van der Waals surface area contributed by atoms with Crippen LogP contribution in [-0.2, 0) is 4.79 Å². The molecule has 0 aromatic heterocycles. The number of hydrogen-bond acceptors (Lipinski definition) is 5. The summed E-state index contributed by atoms with van der Waals surface area (Å²) in [6, 6.07) is 0. The van der Waals surface area contributed by atoms with Gasteiger partial charge in [0.25, 0.3) is 0 Å². The lowest BCUT2D eigenvalue weighted by Crippen LogP contribution is -2.37. The maximum Gasteiger partial charge on any atom is 0.132 e. The Bertz CT molecular complexity index is 163. The second-order valence-electron chi connectivity index (χ2n) is 4.23. The number of Topliss-reactive ketones (excluding diaryl/α,β-unsaturated/α-hetero) is 1. The van der Waals surface area contributed by atoms with E-state index in [0.29, 0.717) is 5.78 Å². The van der Waals surface area contributed by atoms with E-state index in [4.69, 9.17) is 20.4 Å². The fraction of sp³-hybridized carbons (Fsp3) is 0.909. The van der Waals surface area contributed by atoms with E-state index in [0.717, 1.165) is 25.7 Å². The van der Waals surface area contributed by atoms with Crippen LogP contribution in [0.2, 0.25) is 0 Å². The van der Waals surface area contributed by atoms with Crippen molar-refractivity contribution >= 4 is 5.78 Å². The Labute approximate surface area is 95.7 Å². The first-order valence-corrected chi connectivity index (χ1v) is 5.59. The second-order valence-corrected chi connectivity index (χ2v) is 4.23. The fourth-order valence-corrected chi connectivity index (χ4v) is 1.25. The van der Waals surface area contributed by atoms with Gasteiger partial charge >= 0.3 is 0 Å². The highest BCUT2D eigenvalue weighted by molar-refractivity contribution is 5.78. The lowest BCUT2D eigenvalue weighted by atomic mass is 9.93. The van der Waals surface area contributed by atoms with Crippen molar-refractivity contribution in [2.45, 2.75) is 32.1 Å². The van der Waals surface area contributed by atoms with Crippen LogP contribution in [0.25, 0.3) is 0 Å². The van der Waals surface area contributed by atoms with E-state index < -0.39 is 31.8 Å². The average Bonchev–Trinajstić information content (AvgIpc) is 2.35. The number of aliphatic hydroxyl groups is 4. The Kier molecular flexibility index (Phi) is 8.37. The number of aliphatic hydroxyl groups excluding tert-OH is 4. The average molecular weight is 234 g/mol. The molecule has 0 aromatic carbocycles. The van der Waals surface area contributed by atoms with Crippen LogP contribution in [0.5, 0.6) is 0 Å². The number of carbonyl (C=O) groups excluding carboxylic acids is 1. The van der Waals surface area contributed by atoms with Gasteiger partial charge in [-0.3, -0.25) is 4.79 Å². The zero-order valence-corrected chi connectivity index (χ0v) is 9.56. The highest BCUT2D eigenvalue weighted by Crippen LogP contribution is 2.12. The SMILES string of the molecule is O=C1CCCCC1.OCC(CO)(CO)CO. The van der Waals surface area contributed by atoms with Crippen molar-refractivity contribution in [2.24, 2.45) is 5.41 Å². The second kappa shape index (κ2) is 8.64. The third-order valence-corrected chi connectivity index (χ3v) is 2.75. The lowest BCUT2D eigenvalue weighted by molar-refractivity contribution is -0.120. The molecule has 0 unspecified atom stereocenters. The Morgan fingerprint density at radius 1 is 0.812 bits per heavy atom. The predicted octanol–water partition coefficient (Wildman–Crippen LogP) is -0.538. The summed E-state index contributed by atoms with van der Waals surface area (Å²) in [5.74, 6) is 0.464. The van der Waals surface area contributed by atoms with Crippen molar-refractivity contribution < 1.29 is 25.2 Å². The lowest BCUT2D eigenvalue weighted by Gasteiger charge is -2.23. The van der Waals surface area contributed by atoms with Gasteiger partial charge in [0, 0.05) is 12.8 Å². The molecule has 0 heterocycles. The summed E-state index contributed by atoms with van der Waals surface area (Å²) < 4.78 is 0.